The van der Waals surface area contributed by atoms with Crippen LogP contribution >= 0.6 is 23.4 Å². The number of para-hydroxylation sites is 2. The van der Waals surface area contributed by atoms with Crippen molar-refractivity contribution >= 4 is 57.1 Å². The molecule has 0 radical (unpaired) electrons. The standard InChI is InChI=1S/C25H22ClN3O3S/c1-31-18-11-12-23(32-2)22(13-18)28-24(30)15-33-25-14-21(16-7-9-17(26)10-8-16)27-19-5-3-4-6-20(19)29-25/h3-13H,14-15H2,1-2H3,(H,28,30). The average Bonchev–Trinajstić information content (AvgIpc) is 3.02. The van der Waals surface area contributed by atoms with Crippen LogP contribution in [0.5, 0.6) is 11.5 Å². The van der Waals surface area contributed by atoms with Gasteiger partial charge in [0.2, 0.25) is 5.91 Å². The van der Waals surface area contributed by atoms with E-state index in [4.69, 9.17) is 31.1 Å². The molecule has 1 amide bonds. The van der Waals surface area contributed by atoms with Gasteiger partial charge < -0.3 is 14.8 Å². The average molecular weight is 480 g/mol. The molecule has 1 heterocycles. The molecule has 0 aromatic heterocycles. The van der Waals surface area contributed by atoms with Crippen LogP contribution in [0, 0.1) is 0 Å². The highest BCUT2D eigenvalue weighted by Gasteiger charge is 2.17. The van der Waals surface area contributed by atoms with Gasteiger partial charge in [0.05, 0.1) is 47.8 Å². The van der Waals surface area contributed by atoms with Crippen LogP contribution in [0.4, 0.5) is 17.1 Å². The summed E-state index contributed by atoms with van der Waals surface area (Å²) in [6.45, 7) is 0. The van der Waals surface area contributed by atoms with Crippen LogP contribution in [-0.4, -0.2) is 36.6 Å². The Morgan fingerprint density at radius 2 is 1.73 bits per heavy atom. The summed E-state index contributed by atoms with van der Waals surface area (Å²) in [6, 6.07) is 20.5. The minimum atomic E-state index is -0.170. The Labute approximate surface area is 201 Å². The Kier molecular flexibility index (Phi) is 7.32. The Morgan fingerprint density at radius 3 is 2.42 bits per heavy atom. The van der Waals surface area contributed by atoms with Gasteiger partial charge >= 0.3 is 0 Å². The number of rotatable bonds is 6. The largest absolute Gasteiger partial charge is 0.497 e. The molecule has 0 saturated carbocycles. The molecule has 1 aliphatic heterocycles. The predicted molar refractivity (Wildman–Crippen MR) is 136 cm³/mol. The Bertz CT molecular complexity index is 1230. The van der Waals surface area contributed by atoms with Crippen molar-refractivity contribution in [2.45, 2.75) is 6.42 Å². The molecule has 33 heavy (non-hydrogen) atoms. The molecule has 0 saturated heterocycles. The predicted octanol–water partition coefficient (Wildman–Crippen LogP) is 6.28. The molecule has 168 valence electrons. The molecule has 1 aliphatic rings. The number of carbonyl (C=O) groups is 1. The van der Waals surface area contributed by atoms with Crippen LogP contribution < -0.4 is 14.8 Å². The Morgan fingerprint density at radius 1 is 1.00 bits per heavy atom. The van der Waals surface area contributed by atoms with Crippen LogP contribution in [0.25, 0.3) is 0 Å². The van der Waals surface area contributed by atoms with E-state index in [0.717, 1.165) is 27.7 Å². The SMILES string of the molecule is COc1ccc(OC)c(NC(=O)CSC2=Nc3ccccc3N=C(c3ccc(Cl)cc3)C2)c1. The minimum Gasteiger partial charge on any atom is -0.497 e. The van der Waals surface area contributed by atoms with Gasteiger partial charge in [-0.15, -0.1) is 11.8 Å². The molecule has 1 N–H and O–H groups in total. The second-order valence-electron chi connectivity index (χ2n) is 7.14. The molecule has 0 spiro atoms. The summed E-state index contributed by atoms with van der Waals surface area (Å²) in [5, 5.41) is 4.37. The third-order valence-electron chi connectivity index (χ3n) is 4.93. The number of methoxy groups -OCH3 is 2. The van der Waals surface area contributed by atoms with Gasteiger partial charge in [0.1, 0.15) is 11.5 Å². The fraction of sp³-hybridized carbons (Fsp3) is 0.160. The van der Waals surface area contributed by atoms with Gasteiger partial charge in [0.25, 0.3) is 0 Å². The molecule has 0 bridgehead atoms. The van der Waals surface area contributed by atoms with E-state index < -0.39 is 0 Å². The second kappa shape index (κ2) is 10.6. The van der Waals surface area contributed by atoms with Crippen molar-refractivity contribution in [1.82, 2.24) is 0 Å². The number of benzene rings is 3. The number of aliphatic imine (C=N–C) groups is 2. The van der Waals surface area contributed by atoms with E-state index in [2.05, 4.69) is 5.32 Å². The lowest BCUT2D eigenvalue weighted by Crippen LogP contribution is -2.17. The molecule has 4 rings (SSSR count). The highest BCUT2D eigenvalue weighted by atomic mass is 35.5. The number of halogens is 1. The van der Waals surface area contributed by atoms with Crippen molar-refractivity contribution in [2.75, 3.05) is 25.3 Å². The van der Waals surface area contributed by atoms with Crippen LogP contribution in [0.2, 0.25) is 5.02 Å². The summed E-state index contributed by atoms with van der Waals surface area (Å²) in [4.78, 5) is 22.3. The van der Waals surface area contributed by atoms with E-state index in [0.29, 0.717) is 28.6 Å². The molecule has 3 aromatic rings. The first-order valence-electron chi connectivity index (χ1n) is 10.2. The van der Waals surface area contributed by atoms with E-state index in [1.807, 2.05) is 48.5 Å². The maximum absolute atomic E-state index is 12.7. The van der Waals surface area contributed by atoms with Gasteiger partial charge in [-0.1, -0.05) is 35.9 Å². The highest BCUT2D eigenvalue weighted by molar-refractivity contribution is 8.14. The van der Waals surface area contributed by atoms with Crippen molar-refractivity contribution in [3.63, 3.8) is 0 Å². The zero-order valence-electron chi connectivity index (χ0n) is 18.2. The van der Waals surface area contributed by atoms with E-state index in [1.54, 1.807) is 32.4 Å². The van der Waals surface area contributed by atoms with Gasteiger partial charge in [-0.05, 0) is 42.0 Å². The molecule has 0 fully saturated rings. The van der Waals surface area contributed by atoms with Gasteiger partial charge in [0.15, 0.2) is 0 Å². The Balaban J connectivity index is 1.52. The number of hydrogen-bond donors (Lipinski definition) is 1. The number of amides is 1. The normalized spacial score (nSPS) is 12.7. The Hall–Kier alpha value is -3.29. The van der Waals surface area contributed by atoms with Crippen LogP contribution in [0.3, 0.4) is 0 Å². The number of nitrogens with one attached hydrogen (secondary N) is 1. The minimum absolute atomic E-state index is 0.170. The summed E-state index contributed by atoms with van der Waals surface area (Å²) in [5.74, 6) is 1.21. The molecule has 3 aromatic carbocycles. The quantitative estimate of drug-likeness (QED) is 0.451. The summed E-state index contributed by atoms with van der Waals surface area (Å²) in [6.07, 6.45) is 0.511. The van der Waals surface area contributed by atoms with Crippen molar-refractivity contribution < 1.29 is 14.3 Å². The second-order valence-corrected chi connectivity index (χ2v) is 8.62. The van der Waals surface area contributed by atoms with E-state index >= 15 is 0 Å². The summed E-state index contributed by atoms with van der Waals surface area (Å²) in [7, 11) is 3.13. The van der Waals surface area contributed by atoms with E-state index in [9.17, 15) is 4.79 Å². The first-order valence-corrected chi connectivity index (χ1v) is 11.6. The number of thioether (sulfide) groups is 1. The fourth-order valence-electron chi connectivity index (χ4n) is 3.29. The zero-order valence-corrected chi connectivity index (χ0v) is 19.7. The summed E-state index contributed by atoms with van der Waals surface area (Å²) >= 11 is 7.44. The maximum Gasteiger partial charge on any atom is 0.234 e. The third kappa shape index (κ3) is 5.74. The topological polar surface area (TPSA) is 72.3 Å². The summed E-state index contributed by atoms with van der Waals surface area (Å²) < 4.78 is 10.6. The smallest absolute Gasteiger partial charge is 0.234 e. The molecule has 8 heteroatoms. The van der Waals surface area contributed by atoms with E-state index in [-0.39, 0.29) is 11.7 Å². The fourth-order valence-corrected chi connectivity index (χ4v) is 4.19. The van der Waals surface area contributed by atoms with Crippen molar-refractivity contribution in [3.8, 4) is 11.5 Å². The first-order chi connectivity index (χ1) is 16.1. The van der Waals surface area contributed by atoms with Crippen molar-refractivity contribution in [3.05, 3.63) is 77.3 Å². The van der Waals surface area contributed by atoms with E-state index in [1.165, 1.54) is 11.8 Å². The highest BCUT2D eigenvalue weighted by Crippen LogP contribution is 2.34. The van der Waals surface area contributed by atoms with Crippen molar-refractivity contribution in [2.24, 2.45) is 9.98 Å². The van der Waals surface area contributed by atoms with Crippen LogP contribution in [0.1, 0.15) is 12.0 Å². The molecule has 0 atom stereocenters. The third-order valence-corrected chi connectivity index (χ3v) is 6.16. The van der Waals surface area contributed by atoms with Gasteiger partial charge in [0, 0.05) is 17.5 Å². The van der Waals surface area contributed by atoms with Gasteiger partial charge in [-0.25, -0.2) is 4.99 Å². The molecule has 0 unspecified atom stereocenters. The monoisotopic (exact) mass is 479 g/mol. The number of nitrogens with zero attached hydrogens (tertiary/aromatic N) is 2. The lowest BCUT2D eigenvalue weighted by molar-refractivity contribution is -0.113. The molecular weight excluding hydrogens is 458 g/mol. The van der Waals surface area contributed by atoms with Gasteiger partial charge in [-0.3, -0.25) is 9.79 Å². The number of ether oxygens (including phenoxy) is 2. The maximum atomic E-state index is 12.7. The molecule has 0 aliphatic carbocycles. The van der Waals surface area contributed by atoms with Crippen LogP contribution in [-0.2, 0) is 4.79 Å². The zero-order chi connectivity index (χ0) is 23.2. The number of anilines is 1. The van der Waals surface area contributed by atoms with Gasteiger partial charge in [-0.2, -0.15) is 0 Å². The van der Waals surface area contributed by atoms with Crippen LogP contribution in [0.15, 0.2) is 76.7 Å². The summed E-state index contributed by atoms with van der Waals surface area (Å²) in [5.41, 5.74) is 3.97. The lowest BCUT2D eigenvalue weighted by atomic mass is 10.1. The molecular formula is C25H22ClN3O3S. The number of carbonyl (C=O) groups excluding carboxylic acids is 1. The number of hydrogen-bond acceptors (Lipinski definition) is 6. The lowest BCUT2D eigenvalue weighted by Gasteiger charge is -2.12. The van der Waals surface area contributed by atoms with Crippen molar-refractivity contribution in [1.29, 1.82) is 0 Å². The molecule has 6 nitrogen and oxygen atoms in total. The number of fused-ring (bicyclic) bond motifs is 1. The first kappa shape index (κ1) is 22.9.